The third-order valence-corrected chi connectivity index (χ3v) is 8.14. The van der Waals surface area contributed by atoms with E-state index in [1.54, 1.807) is 0 Å². The van der Waals surface area contributed by atoms with E-state index in [0.717, 1.165) is 22.6 Å². The zero-order valence-electron chi connectivity index (χ0n) is 18.3. The largest absolute Gasteiger partial charge is 0.425 e. The van der Waals surface area contributed by atoms with E-state index < -0.39 is 68.5 Å². The lowest BCUT2D eigenvalue weighted by atomic mass is 10.2. The molecule has 2 aromatic rings. The summed E-state index contributed by atoms with van der Waals surface area (Å²) in [5.74, 6) is -0.619. The first-order valence-electron chi connectivity index (χ1n) is 10.5. The number of alkyl halides is 3. The van der Waals surface area contributed by atoms with Crippen LogP contribution >= 0.6 is 0 Å². The number of nitrogens with zero attached hydrogens (tertiary/aromatic N) is 4. The average Bonchev–Trinajstić information content (AvgIpc) is 3.16. The third kappa shape index (κ3) is 4.81. The van der Waals surface area contributed by atoms with Gasteiger partial charge in [0.15, 0.2) is 16.1 Å². The number of amides is 2. The summed E-state index contributed by atoms with van der Waals surface area (Å²) >= 11 is 0. The van der Waals surface area contributed by atoms with Crippen molar-refractivity contribution in [3.05, 3.63) is 42.2 Å². The van der Waals surface area contributed by atoms with Crippen LogP contribution in [0.4, 0.5) is 18.0 Å². The van der Waals surface area contributed by atoms with Gasteiger partial charge in [0.1, 0.15) is 5.54 Å². The number of hydrogen-bond donors (Lipinski definition) is 1. The van der Waals surface area contributed by atoms with Gasteiger partial charge in [-0.2, -0.15) is 23.5 Å². The molecule has 0 unspecified atom stereocenters. The minimum atomic E-state index is -4.99. The highest BCUT2D eigenvalue weighted by Crippen LogP contribution is 2.39. The summed E-state index contributed by atoms with van der Waals surface area (Å²) in [7, 11) is -4.61. The maximum Gasteiger partial charge on any atom is 0.417 e. The molecule has 2 heterocycles. The van der Waals surface area contributed by atoms with Crippen molar-refractivity contribution in [3.63, 3.8) is 0 Å². The summed E-state index contributed by atoms with van der Waals surface area (Å²) in [4.78, 5) is 24.3. The number of nitrogens with one attached hydrogen (secondary N) is 1. The number of rotatable bonds is 5. The number of carbonyl (C=O) groups excluding carboxylic acids is 2. The third-order valence-electron chi connectivity index (χ3n) is 5.95. The molecular weight excluding hydrogens is 491 g/mol. The fourth-order valence-electron chi connectivity index (χ4n) is 3.90. The number of aromatic nitrogens is 2. The Kier molecular flexibility index (Phi) is 6.00. The number of benzene rings is 1. The normalized spacial score (nSPS) is 21.3. The summed E-state index contributed by atoms with van der Waals surface area (Å²) in [5, 5.41) is 13.9. The van der Waals surface area contributed by atoms with Gasteiger partial charge in [-0.1, -0.05) is 0 Å². The molecular formula is C21H20F3N5O5S. The van der Waals surface area contributed by atoms with Crippen LogP contribution in [0.1, 0.15) is 31.7 Å². The van der Waals surface area contributed by atoms with Crippen LogP contribution in [0.3, 0.4) is 0 Å². The summed E-state index contributed by atoms with van der Waals surface area (Å²) in [6.07, 6.45) is -4.13. The van der Waals surface area contributed by atoms with E-state index in [9.17, 15) is 31.2 Å². The molecule has 1 saturated carbocycles. The van der Waals surface area contributed by atoms with Crippen LogP contribution in [0.25, 0.3) is 5.69 Å². The number of carbonyl (C=O) groups is 2. The number of hydrogen-bond acceptors (Lipinski definition) is 7. The average molecular weight is 511 g/mol. The second-order valence-corrected chi connectivity index (χ2v) is 10.6. The molecule has 2 amide bonds. The van der Waals surface area contributed by atoms with Gasteiger partial charge < -0.3 is 15.0 Å². The van der Waals surface area contributed by atoms with E-state index in [1.807, 2.05) is 6.07 Å². The first kappa shape index (κ1) is 24.5. The highest BCUT2D eigenvalue weighted by molar-refractivity contribution is 7.92. The van der Waals surface area contributed by atoms with Gasteiger partial charge in [0.05, 0.1) is 27.5 Å². The maximum atomic E-state index is 13.9. The molecule has 0 bridgehead atoms. The van der Waals surface area contributed by atoms with Crippen molar-refractivity contribution < 1.29 is 35.9 Å². The molecule has 186 valence electrons. The van der Waals surface area contributed by atoms with Gasteiger partial charge in [-0.25, -0.2) is 17.9 Å². The minimum Gasteiger partial charge on any atom is -0.425 e. The lowest BCUT2D eigenvalue weighted by molar-refractivity contribution is -0.140. The lowest BCUT2D eigenvalue weighted by Gasteiger charge is -2.23. The van der Waals surface area contributed by atoms with Crippen molar-refractivity contribution in [1.29, 1.82) is 5.26 Å². The zero-order valence-corrected chi connectivity index (χ0v) is 19.1. The molecule has 2 atom stereocenters. The van der Waals surface area contributed by atoms with Crippen molar-refractivity contribution >= 4 is 21.8 Å². The predicted octanol–water partition coefficient (Wildman–Crippen LogP) is 2.39. The highest BCUT2D eigenvalue weighted by Gasteiger charge is 2.48. The van der Waals surface area contributed by atoms with Gasteiger partial charge in [-0.3, -0.25) is 4.79 Å². The van der Waals surface area contributed by atoms with E-state index in [-0.39, 0.29) is 5.69 Å². The van der Waals surface area contributed by atoms with Crippen LogP contribution in [0.2, 0.25) is 0 Å². The topological polar surface area (TPSA) is 134 Å². The Morgan fingerprint density at radius 1 is 1.31 bits per heavy atom. The van der Waals surface area contributed by atoms with Crippen LogP contribution in [0, 0.1) is 11.3 Å². The van der Waals surface area contributed by atoms with E-state index in [1.165, 1.54) is 24.5 Å². The Balaban J connectivity index is 1.62. The second kappa shape index (κ2) is 8.56. The second-order valence-electron chi connectivity index (χ2n) is 8.38. The molecule has 10 nitrogen and oxygen atoms in total. The Morgan fingerprint density at radius 2 is 2.03 bits per heavy atom. The molecule has 2 fully saturated rings. The summed E-state index contributed by atoms with van der Waals surface area (Å²) in [6.45, 7) is 0.665. The molecule has 4 rings (SSSR count). The van der Waals surface area contributed by atoms with Gasteiger partial charge in [-0.05, 0) is 37.1 Å². The van der Waals surface area contributed by atoms with Crippen LogP contribution in [-0.4, -0.2) is 58.7 Å². The molecule has 0 radical (unpaired) electrons. The first-order valence-corrected chi connectivity index (χ1v) is 12.0. The Hall–Kier alpha value is -3.60. The van der Waals surface area contributed by atoms with Crippen molar-refractivity contribution in [1.82, 2.24) is 20.0 Å². The molecule has 1 aromatic heterocycles. The van der Waals surface area contributed by atoms with Crippen molar-refractivity contribution in [2.24, 2.45) is 0 Å². The number of alkyl carbamates (subject to hydrolysis) is 1. The molecule has 1 aliphatic heterocycles. The zero-order chi connectivity index (χ0) is 25.6. The Morgan fingerprint density at radius 3 is 2.57 bits per heavy atom. The van der Waals surface area contributed by atoms with Gasteiger partial charge in [0, 0.05) is 32.3 Å². The number of sulfone groups is 1. The molecule has 1 N–H and O–H groups in total. The molecule has 1 saturated heterocycles. The standard InChI is InChI=1S/C21H20F3N5O5S/c1-13(30)28-11-15(10-18(28)34-19(31)27-20(12-25)5-6-20)35(32,33)17-4-3-14(29-8-2-7-26-29)9-16(17)21(22,23)24/h2-4,7-9,15,18H,5-6,10-11H2,1H3,(H,27,31)/t15-,18+/m1/s1. The van der Waals surface area contributed by atoms with E-state index >= 15 is 0 Å². The Bertz CT molecular complexity index is 1300. The number of nitriles is 1. The number of likely N-dealkylation sites (tertiary alicyclic amines) is 1. The molecule has 35 heavy (non-hydrogen) atoms. The molecule has 2 aliphatic rings. The fourth-order valence-corrected chi connectivity index (χ4v) is 5.77. The van der Waals surface area contributed by atoms with Crippen molar-refractivity contribution in [2.75, 3.05) is 6.54 Å². The summed E-state index contributed by atoms with van der Waals surface area (Å²) < 4.78 is 74.6. The van der Waals surface area contributed by atoms with E-state index in [0.29, 0.717) is 18.9 Å². The lowest BCUT2D eigenvalue weighted by Crippen LogP contribution is -2.42. The summed E-state index contributed by atoms with van der Waals surface area (Å²) in [6, 6.07) is 6.18. The minimum absolute atomic E-state index is 0.0161. The number of halogens is 3. The monoisotopic (exact) mass is 511 g/mol. The SMILES string of the molecule is CC(=O)N1C[C@H](S(=O)(=O)c2ccc(-n3cccn3)cc2C(F)(F)F)C[C@@H]1OC(=O)NC1(C#N)CC1. The first-order chi connectivity index (χ1) is 16.4. The van der Waals surface area contributed by atoms with Crippen molar-refractivity contribution in [2.45, 2.75) is 54.3 Å². The van der Waals surface area contributed by atoms with Gasteiger partial charge >= 0.3 is 12.3 Å². The van der Waals surface area contributed by atoms with Gasteiger partial charge in [0.2, 0.25) is 5.91 Å². The van der Waals surface area contributed by atoms with Crippen LogP contribution < -0.4 is 5.32 Å². The van der Waals surface area contributed by atoms with Crippen molar-refractivity contribution in [3.8, 4) is 11.8 Å². The molecule has 1 aliphatic carbocycles. The number of ether oxygens (including phenoxy) is 1. The van der Waals surface area contributed by atoms with Crippen LogP contribution in [0.5, 0.6) is 0 Å². The summed E-state index contributed by atoms with van der Waals surface area (Å²) in [5.41, 5.74) is -2.41. The van der Waals surface area contributed by atoms with Gasteiger partial charge in [-0.15, -0.1) is 0 Å². The van der Waals surface area contributed by atoms with E-state index in [2.05, 4.69) is 10.4 Å². The molecule has 0 spiro atoms. The molecule has 14 heteroatoms. The quantitative estimate of drug-likeness (QED) is 0.651. The van der Waals surface area contributed by atoms with E-state index in [4.69, 9.17) is 10.00 Å². The van der Waals surface area contributed by atoms with Crippen LogP contribution in [-0.2, 0) is 25.5 Å². The van der Waals surface area contributed by atoms with Crippen LogP contribution in [0.15, 0.2) is 41.6 Å². The molecule has 1 aromatic carbocycles. The smallest absolute Gasteiger partial charge is 0.417 e. The maximum absolute atomic E-state index is 13.9. The predicted molar refractivity (Wildman–Crippen MR) is 113 cm³/mol. The Labute approximate surface area is 198 Å². The fraction of sp³-hybridized carbons (Fsp3) is 0.429. The highest BCUT2D eigenvalue weighted by atomic mass is 32.2. The van der Waals surface area contributed by atoms with Gasteiger partial charge in [0.25, 0.3) is 0 Å².